The molecule has 2 aromatic carbocycles. The maximum Gasteiger partial charge on any atom is 0.338 e. The van der Waals surface area contributed by atoms with Crippen molar-refractivity contribution in [2.24, 2.45) is 0 Å². The molecular weight excluding hydrogens is 701 g/mol. The van der Waals surface area contributed by atoms with Gasteiger partial charge in [0.15, 0.2) is 17.6 Å². The van der Waals surface area contributed by atoms with Gasteiger partial charge in [-0.2, -0.15) is 14.4 Å². The summed E-state index contributed by atoms with van der Waals surface area (Å²) in [6.07, 6.45) is 4.84. The zero-order valence-electron chi connectivity index (χ0n) is 30.8. The third-order valence-electron chi connectivity index (χ3n) is 9.26. The largest absolute Gasteiger partial charge is 0.461 e. The summed E-state index contributed by atoms with van der Waals surface area (Å²) < 4.78 is 44.9. The number of rotatable bonds is 18. The number of imidazole rings is 1. The molecule has 2 aromatic heterocycles. The number of carbonyl (C=O) groups is 4. The number of anilines is 1. The Morgan fingerprint density at radius 1 is 0.852 bits per heavy atom. The first-order valence-corrected chi connectivity index (χ1v) is 18.2. The van der Waals surface area contributed by atoms with E-state index in [0.717, 1.165) is 25.7 Å². The number of fused-ring (bicyclic) bond motifs is 1. The third kappa shape index (κ3) is 9.75. The molecule has 0 amide bonds. The summed E-state index contributed by atoms with van der Waals surface area (Å²) in [5, 5.41) is 0. The topological polar surface area (TPSA) is 184 Å². The first kappa shape index (κ1) is 39.8. The van der Waals surface area contributed by atoms with Crippen molar-refractivity contribution in [1.29, 1.82) is 0 Å². The van der Waals surface area contributed by atoms with Crippen molar-refractivity contribution >= 4 is 40.9 Å². The molecule has 0 spiro atoms. The molecule has 1 aliphatic heterocycles. The Bertz CT molecular complexity index is 1950. The molecule has 0 radical (unpaired) electrons. The number of nitrogens with zero attached hydrogens (tertiary/aromatic N) is 4. The number of nitrogen functional groups attached to an aromatic ring is 1. The second kappa shape index (κ2) is 18.5. The van der Waals surface area contributed by atoms with E-state index < -0.39 is 35.8 Å². The van der Waals surface area contributed by atoms with E-state index in [1.165, 1.54) is 10.9 Å². The number of hydrogen-bond acceptors (Lipinski definition) is 13. The maximum absolute atomic E-state index is 14.4. The smallest absolute Gasteiger partial charge is 0.338 e. The second-order valence-corrected chi connectivity index (χ2v) is 13.3. The van der Waals surface area contributed by atoms with Crippen LogP contribution < -0.4 is 5.73 Å². The van der Waals surface area contributed by atoms with Crippen LogP contribution >= 0.6 is 0 Å². The molecule has 5 rings (SSSR count). The molecule has 1 aliphatic rings. The Morgan fingerprint density at radius 3 is 2.02 bits per heavy atom. The van der Waals surface area contributed by atoms with Crippen molar-refractivity contribution in [2.45, 2.75) is 103 Å². The van der Waals surface area contributed by atoms with Crippen molar-refractivity contribution in [2.75, 3.05) is 18.9 Å². The number of unbranched alkanes of at least 4 members (excludes halogenated alkanes) is 4. The Morgan fingerprint density at radius 2 is 1.43 bits per heavy atom. The Hall–Kier alpha value is -5.44. The molecule has 1 saturated heterocycles. The van der Waals surface area contributed by atoms with E-state index in [1.54, 1.807) is 55.5 Å². The summed E-state index contributed by atoms with van der Waals surface area (Å²) in [7, 11) is 0. The van der Waals surface area contributed by atoms with Gasteiger partial charge in [0.2, 0.25) is 0 Å². The van der Waals surface area contributed by atoms with Crippen LogP contribution in [0.15, 0.2) is 54.9 Å². The zero-order valence-corrected chi connectivity index (χ0v) is 30.8. The summed E-state index contributed by atoms with van der Waals surface area (Å²) in [6, 6.07) is 12.3. The van der Waals surface area contributed by atoms with Gasteiger partial charge in [-0.1, -0.05) is 75.9 Å². The zero-order chi connectivity index (χ0) is 38.7. The van der Waals surface area contributed by atoms with Crippen molar-refractivity contribution < 1.29 is 47.3 Å². The van der Waals surface area contributed by atoms with Gasteiger partial charge in [0.05, 0.1) is 30.1 Å². The second-order valence-electron chi connectivity index (χ2n) is 13.3. The highest BCUT2D eigenvalue weighted by Crippen LogP contribution is 2.39. The highest BCUT2D eigenvalue weighted by Gasteiger charge is 2.52. The summed E-state index contributed by atoms with van der Waals surface area (Å²) >= 11 is 0. The van der Waals surface area contributed by atoms with Crippen LogP contribution in [0.5, 0.6) is 0 Å². The summed E-state index contributed by atoms with van der Waals surface area (Å²) in [5.41, 5.74) is 5.88. The van der Waals surface area contributed by atoms with Crippen LogP contribution in [-0.2, 0) is 46.5 Å². The summed E-state index contributed by atoms with van der Waals surface area (Å²) in [5.74, 6) is -2.39. The minimum absolute atomic E-state index is 0.0458. The monoisotopic (exact) mass is 747 g/mol. The number of nitrogens with two attached hydrogens (primary N) is 1. The van der Waals surface area contributed by atoms with Gasteiger partial charge in [0.25, 0.3) is 0 Å². The van der Waals surface area contributed by atoms with Gasteiger partial charge in [-0.25, -0.2) is 14.6 Å². The van der Waals surface area contributed by atoms with Crippen LogP contribution in [0.4, 0.5) is 10.2 Å². The lowest BCUT2D eigenvalue weighted by Gasteiger charge is -2.32. The lowest BCUT2D eigenvalue weighted by atomic mass is 9.96. The summed E-state index contributed by atoms with van der Waals surface area (Å²) in [6.45, 7) is 4.98. The van der Waals surface area contributed by atoms with Gasteiger partial charge < -0.3 is 34.0 Å². The van der Waals surface area contributed by atoms with Crippen LogP contribution in [0, 0.1) is 6.08 Å². The third-order valence-corrected chi connectivity index (χ3v) is 9.26. The Labute approximate surface area is 312 Å². The molecule has 288 valence electrons. The maximum atomic E-state index is 14.4. The fraction of sp³-hybridized carbons (Fsp3) is 0.462. The minimum atomic E-state index is -1.44. The Balaban J connectivity index is 1.37. The predicted octanol–water partition coefficient (Wildman–Crippen LogP) is 6.21. The van der Waals surface area contributed by atoms with Gasteiger partial charge in [-0.05, 0) is 31.9 Å². The van der Waals surface area contributed by atoms with E-state index in [-0.39, 0.29) is 79.3 Å². The number of halogens is 1. The fourth-order valence-corrected chi connectivity index (χ4v) is 6.21. The standard InChI is InChI=1S/C39H46FN5O9/c1-4-6-8-18-30(46)50-20-25-14-10-12-16-27(25)36(48)52-23-39(3)33(29(22-53-39)45-24-42-32-34(41)43-38(40)44-35(32)45)54-37(49)28-17-13-11-15-26(28)21-51-31(47)19-9-7-5-2/h10-17,24,29,33H,4-9,18-23H2,1-3H3,(H2,41,43,44)/t29?,33-,39+/m0/s1. The number of carbonyl (C=O) groups excluding carboxylic acids is 4. The number of ether oxygens (including phenoxy) is 5. The SMILES string of the molecule is CCCCCC(=O)OCc1ccccc1C(=O)OC[C@@]1(C)OCC(n2cnc3c(N)nc(F)nc32)[C@@H]1OC(=O)c1ccccc1COC(=O)CCCCC. The Kier molecular flexibility index (Phi) is 13.7. The fourth-order valence-electron chi connectivity index (χ4n) is 6.21. The number of esters is 4. The molecule has 3 heterocycles. The molecule has 15 heteroatoms. The first-order chi connectivity index (χ1) is 26.0. The van der Waals surface area contributed by atoms with Crippen molar-refractivity contribution in [3.05, 3.63) is 83.2 Å². The van der Waals surface area contributed by atoms with Crippen LogP contribution in [0.1, 0.15) is 110 Å². The molecule has 2 N–H and O–H groups in total. The van der Waals surface area contributed by atoms with E-state index in [9.17, 15) is 23.6 Å². The van der Waals surface area contributed by atoms with Gasteiger partial charge in [0.1, 0.15) is 30.9 Å². The molecule has 3 atom stereocenters. The van der Waals surface area contributed by atoms with E-state index in [1.807, 2.05) is 13.8 Å². The molecule has 1 fully saturated rings. The molecule has 0 saturated carbocycles. The lowest BCUT2D eigenvalue weighted by Crippen LogP contribution is -2.46. The number of benzene rings is 2. The van der Waals surface area contributed by atoms with E-state index in [4.69, 9.17) is 29.4 Å². The van der Waals surface area contributed by atoms with Crippen molar-refractivity contribution in [1.82, 2.24) is 19.5 Å². The van der Waals surface area contributed by atoms with E-state index >= 15 is 0 Å². The lowest BCUT2D eigenvalue weighted by molar-refractivity contribution is -0.146. The van der Waals surface area contributed by atoms with Crippen LogP contribution in [0.3, 0.4) is 0 Å². The molecule has 1 unspecified atom stereocenters. The quantitative estimate of drug-likeness (QED) is 0.0525. The van der Waals surface area contributed by atoms with Crippen LogP contribution in [0.2, 0.25) is 0 Å². The van der Waals surface area contributed by atoms with Crippen molar-refractivity contribution in [3.63, 3.8) is 0 Å². The molecule has 0 aliphatic carbocycles. The van der Waals surface area contributed by atoms with E-state index in [2.05, 4.69) is 15.0 Å². The number of aromatic nitrogens is 4. The summed E-state index contributed by atoms with van der Waals surface area (Å²) in [4.78, 5) is 63.8. The van der Waals surface area contributed by atoms with Gasteiger partial charge >= 0.3 is 30.0 Å². The number of hydrogen-bond donors (Lipinski definition) is 1. The van der Waals surface area contributed by atoms with E-state index in [0.29, 0.717) is 24.0 Å². The van der Waals surface area contributed by atoms with Gasteiger partial charge in [0, 0.05) is 24.0 Å². The van der Waals surface area contributed by atoms with Crippen LogP contribution in [0.25, 0.3) is 11.2 Å². The first-order valence-electron chi connectivity index (χ1n) is 18.2. The molecule has 0 bridgehead atoms. The highest BCUT2D eigenvalue weighted by molar-refractivity contribution is 5.92. The van der Waals surface area contributed by atoms with Gasteiger partial charge in [-0.15, -0.1) is 0 Å². The highest BCUT2D eigenvalue weighted by atomic mass is 19.1. The predicted molar refractivity (Wildman–Crippen MR) is 193 cm³/mol. The molecular formula is C39H46FN5O9. The average molecular weight is 748 g/mol. The normalized spacial score (nSPS) is 18.0. The van der Waals surface area contributed by atoms with Crippen LogP contribution in [-0.4, -0.2) is 68.3 Å². The molecule has 14 nitrogen and oxygen atoms in total. The molecule has 54 heavy (non-hydrogen) atoms. The minimum Gasteiger partial charge on any atom is -0.461 e. The van der Waals surface area contributed by atoms with Crippen molar-refractivity contribution in [3.8, 4) is 0 Å². The average Bonchev–Trinajstić information content (AvgIpc) is 3.73. The van der Waals surface area contributed by atoms with Gasteiger partial charge in [-0.3, -0.25) is 9.59 Å². The molecule has 4 aromatic rings.